The van der Waals surface area contributed by atoms with Crippen molar-refractivity contribution in [2.45, 2.75) is 39.8 Å². The minimum Gasteiger partial charge on any atom is -0.351 e. The van der Waals surface area contributed by atoms with Gasteiger partial charge < -0.3 is 11.1 Å². The van der Waals surface area contributed by atoms with Crippen molar-refractivity contribution in [3.05, 3.63) is 35.1 Å². The average molecular weight is 289 g/mol. The van der Waals surface area contributed by atoms with Crippen LogP contribution in [0.2, 0.25) is 0 Å². The number of nitrogens with one attached hydrogen (secondary N) is 1. The van der Waals surface area contributed by atoms with Gasteiger partial charge in [-0.05, 0) is 30.0 Å². The van der Waals surface area contributed by atoms with Gasteiger partial charge >= 0.3 is 0 Å². The van der Waals surface area contributed by atoms with Crippen molar-refractivity contribution in [3.8, 4) is 0 Å². The van der Waals surface area contributed by atoms with E-state index in [1.165, 1.54) is 6.07 Å². The van der Waals surface area contributed by atoms with Gasteiger partial charge in [-0.3, -0.25) is 4.79 Å². The molecular formula is C14H22ClFN2O. The van der Waals surface area contributed by atoms with Gasteiger partial charge in [0.15, 0.2) is 0 Å². The number of hydrogen-bond donors (Lipinski definition) is 2. The van der Waals surface area contributed by atoms with E-state index in [1.807, 2.05) is 13.8 Å². The Kier molecular flexibility index (Phi) is 7.64. The summed E-state index contributed by atoms with van der Waals surface area (Å²) in [6, 6.07) is 4.31. The van der Waals surface area contributed by atoms with Crippen LogP contribution in [0.3, 0.4) is 0 Å². The fraction of sp³-hybridized carbons (Fsp3) is 0.500. The first kappa shape index (κ1) is 17.9. The van der Waals surface area contributed by atoms with Crippen LogP contribution >= 0.6 is 12.4 Å². The van der Waals surface area contributed by atoms with Gasteiger partial charge in [0.1, 0.15) is 5.82 Å². The second kappa shape index (κ2) is 8.12. The third kappa shape index (κ3) is 5.17. The fourth-order valence-electron chi connectivity index (χ4n) is 1.64. The third-order valence-corrected chi connectivity index (χ3v) is 3.25. The molecule has 3 nitrogen and oxygen atoms in total. The smallest absolute Gasteiger partial charge is 0.237 e. The molecule has 1 amide bonds. The van der Waals surface area contributed by atoms with E-state index in [-0.39, 0.29) is 30.0 Å². The van der Waals surface area contributed by atoms with E-state index < -0.39 is 6.04 Å². The molecule has 2 atom stereocenters. The number of halogens is 2. The number of aryl methyl sites for hydroxylation is 1. The Bertz CT molecular complexity index is 426. The van der Waals surface area contributed by atoms with Crippen LogP contribution in [-0.2, 0) is 11.3 Å². The SMILES string of the molecule is CCC(C)C(N)C(=O)NCc1ccc(F)c(C)c1.Cl. The zero-order valence-corrected chi connectivity index (χ0v) is 12.4. The predicted molar refractivity (Wildman–Crippen MR) is 77.7 cm³/mol. The van der Waals surface area contributed by atoms with Gasteiger partial charge in [-0.1, -0.05) is 32.4 Å². The van der Waals surface area contributed by atoms with Crippen LogP contribution in [0, 0.1) is 18.7 Å². The molecule has 3 N–H and O–H groups in total. The van der Waals surface area contributed by atoms with Crippen molar-refractivity contribution in [1.82, 2.24) is 5.32 Å². The van der Waals surface area contributed by atoms with Crippen molar-refractivity contribution >= 4 is 18.3 Å². The second-order valence-electron chi connectivity index (χ2n) is 4.71. The summed E-state index contributed by atoms with van der Waals surface area (Å²) in [7, 11) is 0. The molecule has 5 heteroatoms. The zero-order chi connectivity index (χ0) is 13.7. The van der Waals surface area contributed by atoms with Crippen molar-refractivity contribution in [1.29, 1.82) is 0 Å². The highest BCUT2D eigenvalue weighted by Gasteiger charge is 2.18. The van der Waals surface area contributed by atoms with Crippen LogP contribution in [-0.4, -0.2) is 11.9 Å². The summed E-state index contributed by atoms with van der Waals surface area (Å²) in [5, 5.41) is 2.77. The minimum atomic E-state index is -0.489. The Hall–Kier alpha value is -1.13. The van der Waals surface area contributed by atoms with E-state index >= 15 is 0 Å². The molecule has 0 fully saturated rings. The summed E-state index contributed by atoms with van der Waals surface area (Å²) in [5.74, 6) is -0.243. The summed E-state index contributed by atoms with van der Waals surface area (Å²) < 4.78 is 13.1. The van der Waals surface area contributed by atoms with Gasteiger partial charge in [0.2, 0.25) is 5.91 Å². The molecule has 1 aromatic carbocycles. The predicted octanol–water partition coefficient (Wildman–Crippen LogP) is 2.55. The Morgan fingerprint density at radius 2 is 2.11 bits per heavy atom. The monoisotopic (exact) mass is 288 g/mol. The van der Waals surface area contributed by atoms with Gasteiger partial charge in [-0.2, -0.15) is 0 Å². The van der Waals surface area contributed by atoms with Crippen molar-refractivity contribution < 1.29 is 9.18 Å². The number of amides is 1. The molecule has 0 heterocycles. The number of carbonyl (C=O) groups is 1. The Morgan fingerprint density at radius 1 is 1.47 bits per heavy atom. The van der Waals surface area contributed by atoms with E-state index in [0.29, 0.717) is 12.1 Å². The highest BCUT2D eigenvalue weighted by atomic mass is 35.5. The Balaban J connectivity index is 0.00000324. The number of benzene rings is 1. The maximum atomic E-state index is 13.1. The van der Waals surface area contributed by atoms with Crippen LogP contribution in [0.4, 0.5) is 4.39 Å². The summed E-state index contributed by atoms with van der Waals surface area (Å²) >= 11 is 0. The Labute approximate surface area is 120 Å². The fourth-order valence-corrected chi connectivity index (χ4v) is 1.64. The van der Waals surface area contributed by atoms with E-state index in [0.717, 1.165) is 12.0 Å². The molecule has 0 saturated heterocycles. The van der Waals surface area contributed by atoms with Crippen LogP contribution < -0.4 is 11.1 Å². The topological polar surface area (TPSA) is 55.1 Å². The van der Waals surface area contributed by atoms with Gasteiger partial charge in [0.05, 0.1) is 6.04 Å². The molecule has 0 radical (unpaired) electrons. The molecule has 0 aliphatic rings. The maximum Gasteiger partial charge on any atom is 0.237 e. The number of carbonyl (C=O) groups excluding carboxylic acids is 1. The van der Waals surface area contributed by atoms with E-state index in [2.05, 4.69) is 5.32 Å². The summed E-state index contributed by atoms with van der Waals surface area (Å²) in [4.78, 5) is 11.8. The molecule has 0 saturated carbocycles. The van der Waals surface area contributed by atoms with Gasteiger partial charge in [0.25, 0.3) is 0 Å². The molecule has 19 heavy (non-hydrogen) atoms. The van der Waals surface area contributed by atoms with Crippen molar-refractivity contribution in [2.24, 2.45) is 11.7 Å². The molecule has 1 rings (SSSR count). The van der Waals surface area contributed by atoms with Crippen LogP contribution in [0.5, 0.6) is 0 Å². The molecule has 0 aliphatic heterocycles. The average Bonchev–Trinajstić information content (AvgIpc) is 2.37. The number of nitrogens with two attached hydrogens (primary N) is 1. The van der Waals surface area contributed by atoms with Crippen molar-refractivity contribution in [3.63, 3.8) is 0 Å². The summed E-state index contributed by atoms with van der Waals surface area (Å²) in [5.41, 5.74) is 7.27. The van der Waals surface area contributed by atoms with Crippen LogP contribution in [0.25, 0.3) is 0 Å². The van der Waals surface area contributed by atoms with E-state index in [9.17, 15) is 9.18 Å². The standard InChI is InChI=1S/C14H21FN2O.ClH/c1-4-9(2)13(16)14(18)17-8-11-5-6-12(15)10(3)7-11;/h5-7,9,13H,4,8,16H2,1-3H3,(H,17,18);1H. The van der Waals surface area contributed by atoms with E-state index in [4.69, 9.17) is 5.73 Å². The summed E-state index contributed by atoms with van der Waals surface area (Å²) in [6.07, 6.45) is 0.865. The maximum absolute atomic E-state index is 13.1. The van der Waals surface area contributed by atoms with Gasteiger partial charge in [-0.25, -0.2) is 4.39 Å². The second-order valence-corrected chi connectivity index (χ2v) is 4.71. The lowest BCUT2D eigenvalue weighted by Crippen LogP contribution is -2.44. The molecule has 0 bridgehead atoms. The zero-order valence-electron chi connectivity index (χ0n) is 11.6. The first-order valence-corrected chi connectivity index (χ1v) is 6.24. The largest absolute Gasteiger partial charge is 0.351 e. The first-order chi connectivity index (χ1) is 8.45. The minimum absolute atomic E-state index is 0. The lowest BCUT2D eigenvalue weighted by Gasteiger charge is -2.17. The van der Waals surface area contributed by atoms with Crippen LogP contribution in [0.15, 0.2) is 18.2 Å². The quantitative estimate of drug-likeness (QED) is 0.875. The lowest BCUT2D eigenvalue weighted by molar-refractivity contribution is -0.123. The van der Waals surface area contributed by atoms with Gasteiger partial charge in [-0.15, -0.1) is 12.4 Å². The number of rotatable bonds is 5. The van der Waals surface area contributed by atoms with Gasteiger partial charge in [0, 0.05) is 6.54 Å². The first-order valence-electron chi connectivity index (χ1n) is 6.24. The molecule has 2 unspecified atom stereocenters. The third-order valence-electron chi connectivity index (χ3n) is 3.25. The normalized spacial score (nSPS) is 13.3. The number of hydrogen-bond acceptors (Lipinski definition) is 2. The molecule has 1 aromatic rings. The highest BCUT2D eigenvalue weighted by Crippen LogP contribution is 2.09. The molecule has 108 valence electrons. The molecule has 0 spiro atoms. The molecule has 0 aromatic heterocycles. The lowest BCUT2D eigenvalue weighted by atomic mass is 9.99. The van der Waals surface area contributed by atoms with Crippen LogP contribution in [0.1, 0.15) is 31.4 Å². The molecular weight excluding hydrogens is 267 g/mol. The molecule has 0 aliphatic carbocycles. The highest BCUT2D eigenvalue weighted by molar-refractivity contribution is 5.85. The summed E-state index contributed by atoms with van der Waals surface area (Å²) in [6.45, 7) is 6.03. The Morgan fingerprint density at radius 3 is 2.63 bits per heavy atom. The van der Waals surface area contributed by atoms with Crippen molar-refractivity contribution in [2.75, 3.05) is 0 Å². The van der Waals surface area contributed by atoms with E-state index in [1.54, 1.807) is 19.1 Å².